The first-order valence-corrected chi connectivity index (χ1v) is 7.48. The minimum atomic E-state index is -3.55. The molecule has 7 nitrogen and oxygen atoms in total. The Morgan fingerprint density at radius 1 is 1.30 bits per heavy atom. The lowest BCUT2D eigenvalue weighted by atomic mass is 10.2. The molecule has 0 aliphatic rings. The first-order chi connectivity index (χ1) is 9.40. The number of aryl methyl sites for hydroxylation is 1. The van der Waals surface area contributed by atoms with E-state index in [1.807, 2.05) is 6.92 Å². The quantitative estimate of drug-likeness (QED) is 0.759. The first kappa shape index (κ1) is 14.5. The SMILES string of the molecule is Cc1ccc(S(=O)(=O)NCC[n+]2noc([O-])c2C)cc1. The van der Waals surface area contributed by atoms with E-state index in [1.165, 1.54) is 4.68 Å². The Bertz CT molecular complexity index is 692. The van der Waals surface area contributed by atoms with Crippen molar-refractivity contribution < 1.29 is 22.7 Å². The zero-order chi connectivity index (χ0) is 14.8. The number of hydrogen-bond acceptors (Lipinski definition) is 5. The molecule has 0 aliphatic heterocycles. The molecule has 0 radical (unpaired) electrons. The van der Waals surface area contributed by atoms with Crippen molar-refractivity contribution in [3.63, 3.8) is 0 Å². The average Bonchev–Trinajstić information content (AvgIpc) is 2.71. The molecule has 0 fully saturated rings. The molecule has 1 N–H and O–H groups in total. The Labute approximate surface area is 116 Å². The summed E-state index contributed by atoms with van der Waals surface area (Å²) in [5.74, 6) is -0.522. The van der Waals surface area contributed by atoms with Gasteiger partial charge in [-0.05, 0) is 19.1 Å². The molecule has 0 saturated heterocycles. The summed E-state index contributed by atoms with van der Waals surface area (Å²) in [6.45, 7) is 3.79. The van der Waals surface area contributed by atoms with Crippen LogP contribution in [0.3, 0.4) is 0 Å². The van der Waals surface area contributed by atoms with Gasteiger partial charge in [-0.3, -0.25) is 0 Å². The summed E-state index contributed by atoms with van der Waals surface area (Å²) in [6.07, 6.45) is 0. The standard InChI is InChI=1S/C12H15N3O4S/c1-9-3-5-11(6-4-9)20(17,18)13-7-8-15-10(2)12(16)19-14-15/h3-6,13H,7-8H2,1-2H3. The van der Waals surface area contributed by atoms with E-state index < -0.39 is 16.0 Å². The zero-order valence-corrected chi connectivity index (χ0v) is 12.0. The molecule has 0 saturated carbocycles. The molecular weight excluding hydrogens is 282 g/mol. The summed E-state index contributed by atoms with van der Waals surface area (Å²) >= 11 is 0. The Hall–Kier alpha value is -1.93. The van der Waals surface area contributed by atoms with Crippen molar-refractivity contribution in [1.82, 2.24) is 9.99 Å². The molecule has 2 rings (SSSR count). The highest BCUT2D eigenvalue weighted by molar-refractivity contribution is 7.89. The van der Waals surface area contributed by atoms with Gasteiger partial charge in [-0.2, -0.15) is 0 Å². The van der Waals surface area contributed by atoms with E-state index >= 15 is 0 Å². The monoisotopic (exact) mass is 297 g/mol. The van der Waals surface area contributed by atoms with Crippen molar-refractivity contribution in [2.75, 3.05) is 6.54 Å². The van der Waals surface area contributed by atoms with Gasteiger partial charge in [0.1, 0.15) is 0 Å². The molecule has 8 heteroatoms. The third kappa shape index (κ3) is 3.14. The maximum Gasteiger partial charge on any atom is 0.240 e. The Kier molecular flexibility index (Phi) is 4.05. The van der Waals surface area contributed by atoms with Gasteiger partial charge in [0.15, 0.2) is 12.5 Å². The van der Waals surface area contributed by atoms with E-state index in [0.717, 1.165) is 5.56 Å². The predicted octanol–water partition coefficient (Wildman–Crippen LogP) is -0.369. The van der Waals surface area contributed by atoms with E-state index in [-0.39, 0.29) is 18.0 Å². The van der Waals surface area contributed by atoms with Gasteiger partial charge in [0.05, 0.1) is 16.7 Å². The molecular formula is C12H15N3O4S. The van der Waals surface area contributed by atoms with Gasteiger partial charge in [0.25, 0.3) is 0 Å². The number of aromatic nitrogens is 2. The normalized spacial score (nSPS) is 11.7. The summed E-state index contributed by atoms with van der Waals surface area (Å²) in [4.78, 5) is 0.203. The van der Waals surface area contributed by atoms with Gasteiger partial charge < -0.3 is 9.63 Å². The van der Waals surface area contributed by atoms with Crippen LogP contribution in [-0.2, 0) is 16.6 Å². The Morgan fingerprint density at radius 3 is 2.50 bits per heavy atom. The highest BCUT2D eigenvalue weighted by Crippen LogP contribution is 2.09. The molecule has 0 bridgehead atoms. The molecule has 0 atom stereocenters. The summed E-state index contributed by atoms with van der Waals surface area (Å²) in [5.41, 5.74) is 1.32. The van der Waals surface area contributed by atoms with Gasteiger partial charge in [-0.1, -0.05) is 22.4 Å². The predicted molar refractivity (Wildman–Crippen MR) is 67.2 cm³/mol. The van der Waals surface area contributed by atoms with Crippen LogP contribution >= 0.6 is 0 Å². The Morgan fingerprint density at radius 2 is 1.95 bits per heavy atom. The van der Waals surface area contributed by atoms with E-state index in [1.54, 1.807) is 31.2 Å². The van der Waals surface area contributed by atoms with E-state index in [9.17, 15) is 13.5 Å². The second-order valence-corrected chi connectivity index (χ2v) is 6.15. The van der Waals surface area contributed by atoms with Crippen LogP contribution in [0.4, 0.5) is 0 Å². The Balaban J connectivity index is 1.99. The average molecular weight is 297 g/mol. The van der Waals surface area contributed by atoms with Gasteiger partial charge in [0.2, 0.25) is 15.7 Å². The van der Waals surface area contributed by atoms with Gasteiger partial charge in [-0.15, -0.1) is 0 Å². The molecule has 1 aromatic carbocycles. The van der Waals surface area contributed by atoms with Crippen LogP contribution in [0, 0.1) is 13.8 Å². The molecule has 0 unspecified atom stereocenters. The van der Waals surface area contributed by atoms with Crippen LogP contribution in [0.25, 0.3) is 0 Å². The fraction of sp³-hybridized carbons (Fsp3) is 0.333. The van der Waals surface area contributed by atoms with Crippen LogP contribution in [0.2, 0.25) is 0 Å². The molecule has 0 amide bonds. The lowest BCUT2D eigenvalue weighted by Crippen LogP contribution is -2.43. The minimum absolute atomic E-state index is 0.119. The van der Waals surface area contributed by atoms with Gasteiger partial charge >= 0.3 is 0 Å². The molecule has 0 spiro atoms. The van der Waals surface area contributed by atoms with E-state index in [2.05, 4.69) is 14.5 Å². The molecule has 2 aromatic rings. The van der Waals surface area contributed by atoms with Crippen LogP contribution in [0.5, 0.6) is 5.95 Å². The third-order valence-corrected chi connectivity index (χ3v) is 4.33. The molecule has 20 heavy (non-hydrogen) atoms. The highest BCUT2D eigenvalue weighted by atomic mass is 32.2. The van der Waals surface area contributed by atoms with Crippen LogP contribution < -0.4 is 14.5 Å². The third-order valence-electron chi connectivity index (χ3n) is 2.85. The van der Waals surface area contributed by atoms with Crippen molar-refractivity contribution >= 4 is 10.0 Å². The van der Waals surface area contributed by atoms with Crippen LogP contribution in [0.1, 0.15) is 11.3 Å². The van der Waals surface area contributed by atoms with Gasteiger partial charge in [0, 0.05) is 6.92 Å². The smallest absolute Gasteiger partial charge is 0.240 e. The van der Waals surface area contributed by atoms with Crippen molar-refractivity contribution in [3.05, 3.63) is 35.5 Å². The first-order valence-electron chi connectivity index (χ1n) is 6.00. The van der Waals surface area contributed by atoms with Crippen molar-refractivity contribution in [2.45, 2.75) is 25.3 Å². The number of nitrogens with one attached hydrogen (secondary N) is 1. The molecule has 1 aromatic heterocycles. The fourth-order valence-electron chi connectivity index (χ4n) is 1.61. The number of nitrogens with zero attached hydrogens (tertiary/aromatic N) is 2. The van der Waals surface area contributed by atoms with E-state index in [0.29, 0.717) is 5.69 Å². The minimum Gasteiger partial charge on any atom is -0.539 e. The number of rotatable bonds is 5. The number of sulfonamides is 1. The summed E-state index contributed by atoms with van der Waals surface area (Å²) in [5, 5.41) is 14.6. The van der Waals surface area contributed by atoms with Crippen LogP contribution in [-0.4, -0.2) is 20.2 Å². The second kappa shape index (κ2) is 5.59. The van der Waals surface area contributed by atoms with Crippen molar-refractivity contribution in [1.29, 1.82) is 0 Å². The van der Waals surface area contributed by atoms with Crippen molar-refractivity contribution in [2.24, 2.45) is 0 Å². The highest BCUT2D eigenvalue weighted by Gasteiger charge is 2.16. The van der Waals surface area contributed by atoms with E-state index in [4.69, 9.17) is 0 Å². The van der Waals surface area contributed by atoms with Gasteiger partial charge in [-0.25, -0.2) is 13.1 Å². The second-order valence-electron chi connectivity index (χ2n) is 4.38. The summed E-state index contributed by atoms with van der Waals surface area (Å²) < 4.78 is 32.2. The lowest BCUT2D eigenvalue weighted by molar-refractivity contribution is -0.765. The molecule has 1 heterocycles. The molecule has 0 aliphatic carbocycles. The maximum absolute atomic E-state index is 12.0. The number of benzene rings is 1. The zero-order valence-electron chi connectivity index (χ0n) is 11.2. The van der Waals surface area contributed by atoms with Crippen LogP contribution in [0.15, 0.2) is 33.7 Å². The van der Waals surface area contributed by atoms with Crippen molar-refractivity contribution in [3.8, 4) is 5.95 Å². The molecule has 108 valence electrons. The number of hydrogen-bond donors (Lipinski definition) is 1. The fourth-order valence-corrected chi connectivity index (χ4v) is 2.64. The topological polar surface area (TPSA) is 99.1 Å². The lowest BCUT2D eigenvalue weighted by Gasteiger charge is -2.04. The maximum atomic E-state index is 12.0. The summed E-state index contributed by atoms with van der Waals surface area (Å²) in [7, 11) is -3.55. The summed E-state index contributed by atoms with van der Waals surface area (Å²) in [6, 6.07) is 6.55. The largest absolute Gasteiger partial charge is 0.539 e.